The van der Waals surface area contributed by atoms with Gasteiger partial charge in [-0.3, -0.25) is 9.78 Å². The summed E-state index contributed by atoms with van der Waals surface area (Å²) in [6.45, 7) is 0.662. The first kappa shape index (κ1) is 16.7. The summed E-state index contributed by atoms with van der Waals surface area (Å²) in [4.78, 5) is 27.0. The minimum atomic E-state index is -0.163. The molecule has 7 heteroatoms. The molecule has 1 unspecified atom stereocenters. The summed E-state index contributed by atoms with van der Waals surface area (Å²) in [6, 6.07) is 7.47. The highest BCUT2D eigenvalue weighted by atomic mass is 35.5. The Bertz CT molecular complexity index is 895. The molecular weight excluding hydrogens is 352 g/mol. The van der Waals surface area contributed by atoms with E-state index in [1.807, 2.05) is 24.3 Å². The molecule has 0 N–H and O–H groups in total. The smallest absolute Gasteiger partial charge is 0.274 e. The van der Waals surface area contributed by atoms with Gasteiger partial charge in [-0.25, -0.2) is 9.97 Å². The second kappa shape index (κ2) is 7.25. The molecule has 3 aromatic rings. The van der Waals surface area contributed by atoms with Gasteiger partial charge in [-0.2, -0.15) is 0 Å². The van der Waals surface area contributed by atoms with Crippen LogP contribution in [0, 0.1) is 0 Å². The molecule has 1 aromatic carbocycles. The van der Waals surface area contributed by atoms with Crippen LogP contribution in [0.3, 0.4) is 0 Å². The molecule has 1 amide bonds. The number of halogens is 1. The van der Waals surface area contributed by atoms with Gasteiger partial charge in [-0.15, -0.1) is 0 Å². The third-order valence-corrected chi connectivity index (χ3v) is 4.70. The summed E-state index contributed by atoms with van der Waals surface area (Å²) in [5.41, 5.74) is 1.43. The quantitative estimate of drug-likeness (QED) is 0.702. The number of carbonyl (C=O) groups is 1. The van der Waals surface area contributed by atoms with Crippen LogP contribution in [0.1, 0.15) is 46.6 Å². The van der Waals surface area contributed by atoms with E-state index in [-0.39, 0.29) is 11.9 Å². The Labute approximate surface area is 155 Å². The lowest BCUT2D eigenvalue weighted by Gasteiger charge is -2.21. The maximum atomic E-state index is 12.7. The van der Waals surface area contributed by atoms with Gasteiger partial charge >= 0.3 is 0 Å². The van der Waals surface area contributed by atoms with Crippen LogP contribution in [0.25, 0.3) is 0 Å². The molecule has 3 heterocycles. The van der Waals surface area contributed by atoms with Crippen LogP contribution in [0.5, 0.6) is 0 Å². The summed E-state index contributed by atoms with van der Waals surface area (Å²) >= 11 is 5.92. The van der Waals surface area contributed by atoms with Gasteiger partial charge < -0.3 is 9.32 Å². The molecule has 1 saturated heterocycles. The minimum absolute atomic E-state index is 0.141. The Morgan fingerprint density at radius 1 is 1.19 bits per heavy atom. The van der Waals surface area contributed by atoms with Crippen LogP contribution in [0.15, 0.2) is 53.5 Å². The van der Waals surface area contributed by atoms with Gasteiger partial charge in [0.05, 0.1) is 12.4 Å². The highest BCUT2D eigenvalue weighted by molar-refractivity contribution is 6.30. The topological polar surface area (TPSA) is 72.1 Å². The van der Waals surface area contributed by atoms with Gasteiger partial charge in [0.1, 0.15) is 17.5 Å². The largest absolute Gasteiger partial charge is 0.443 e. The van der Waals surface area contributed by atoms with E-state index in [1.165, 1.54) is 12.4 Å². The first-order valence-electron chi connectivity index (χ1n) is 8.47. The minimum Gasteiger partial charge on any atom is -0.443 e. The summed E-state index contributed by atoms with van der Waals surface area (Å²) in [7, 11) is 0. The number of hydrogen-bond donors (Lipinski definition) is 0. The molecule has 1 atom stereocenters. The standard InChI is InChI=1S/C19H17ClN4O2/c20-14-5-3-13(4-6-14)10-15-11-23-18(26-15)17-2-1-9-24(17)19(25)16-12-21-7-8-22-16/h3-8,11-12,17H,1-2,9-10H2. The van der Waals surface area contributed by atoms with E-state index in [1.54, 1.807) is 17.3 Å². The van der Waals surface area contributed by atoms with Crippen molar-refractivity contribution in [2.75, 3.05) is 6.54 Å². The number of carbonyl (C=O) groups excluding carboxylic acids is 1. The summed E-state index contributed by atoms with van der Waals surface area (Å²) in [6.07, 6.45) is 8.66. The Hall–Kier alpha value is -2.73. The number of amides is 1. The fraction of sp³-hybridized carbons (Fsp3) is 0.263. The van der Waals surface area contributed by atoms with E-state index in [2.05, 4.69) is 15.0 Å². The molecule has 4 rings (SSSR count). The Morgan fingerprint density at radius 2 is 2.04 bits per heavy atom. The van der Waals surface area contributed by atoms with Crippen molar-refractivity contribution in [3.05, 3.63) is 77.0 Å². The monoisotopic (exact) mass is 368 g/mol. The molecular formula is C19H17ClN4O2. The van der Waals surface area contributed by atoms with Gasteiger partial charge in [0, 0.05) is 30.4 Å². The fourth-order valence-electron chi connectivity index (χ4n) is 3.19. The van der Waals surface area contributed by atoms with Gasteiger partial charge in [-0.1, -0.05) is 23.7 Å². The molecule has 1 aliphatic heterocycles. The molecule has 0 spiro atoms. The van der Waals surface area contributed by atoms with Crippen molar-refractivity contribution in [3.8, 4) is 0 Å². The highest BCUT2D eigenvalue weighted by Crippen LogP contribution is 2.32. The van der Waals surface area contributed by atoms with E-state index in [9.17, 15) is 4.79 Å². The van der Waals surface area contributed by atoms with E-state index in [4.69, 9.17) is 16.0 Å². The van der Waals surface area contributed by atoms with Crippen LogP contribution in [-0.4, -0.2) is 32.3 Å². The predicted molar refractivity (Wildman–Crippen MR) is 95.8 cm³/mol. The number of likely N-dealkylation sites (tertiary alicyclic amines) is 1. The van der Waals surface area contributed by atoms with Crippen molar-refractivity contribution in [2.45, 2.75) is 25.3 Å². The molecule has 1 fully saturated rings. The van der Waals surface area contributed by atoms with Crippen molar-refractivity contribution >= 4 is 17.5 Å². The molecule has 0 aliphatic carbocycles. The lowest BCUT2D eigenvalue weighted by atomic mass is 10.1. The zero-order valence-corrected chi connectivity index (χ0v) is 14.8. The van der Waals surface area contributed by atoms with Crippen LogP contribution in [0.2, 0.25) is 5.02 Å². The van der Waals surface area contributed by atoms with E-state index in [0.29, 0.717) is 29.6 Å². The zero-order valence-electron chi connectivity index (χ0n) is 14.0. The molecule has 0 radical (unpaired) electrons. The van der Waals surface area contributed by atoms with Crippen LogP contribution in [0.4, 0.5) is 0 Å². The number of hydrogen-bond acceptors (Lipinski definition) is 5. The highest BCUT2D eigenvalue weighted by Gasteiger charge is 2.34. The average molecular weight is 369 g/mol. The lowest BCUT2D eigenvalue weighted by Crippen LogP contribution is -2.31. The van der Waals surface area contributed by atoms with Crippen molar-refractivity contribution in [2.24, 2.45) is 0 Å². The molecule has 132 valence electrons. The zero-order chi connectivity index (χ0) is 17.9. The predicted octanol–water partition coefficient (Wildman–Crippen LogP) is 3.69. The molecule has 6 nitrogen and oxygen atoms in total. The maximum absolute atomic E-state index is 12.7. The van der Waals surface area contributed by atoms with E-state index in [0.717, 1.165) is 24.2 Å². The molecule has 0 bridgehead atoms. The molecule has 0 saturated carbocycles. The molecule has 26 heavy (non-hydrogen) atoms. The van der Waals surface area contributed by atoms with Gasteiger partial charge in [0.25, 0.3) is 5.91 Å². The van der Waals surface area contributed by atoms with Crippen LogP contribution >= 0.6 is 11.6 Å². The number of aromatic nitrogens is 3. The van der Waals surface area contributed by atoms with Crippen molar-refractivity contribution in [3.63, 3.8) is 0 Å². The van der Waals surface area contributed by atoms with Gasteiger partial charge in [0.2, 0.25) is 5.89 Å². The fourth-order valence-corrected chi connectivity index (χ4v) is 3.31. The Morgan fingerprint density at radius 3 is 2.81 bits per heavy atom. The van der Waals surface area contributed by atoms with Crippen LogP contribution < -0.4 is 0 Å². The van der Waals surface area contributed by atoms with E-state index < -0.39 is 0 Å². The first-order valence-corrected chi connectivity index (χ1v) is 8.84. The number of oxazole rings is 1. The number of benzene rings is 1. The van der Waals surface area contributed by atoms with E-state index >= 15 is 0 Å². The summed E-state index contributed by atoms with van der Waals surface area (Å²) < 4.78 is 5.94. The van der Waals surface area contributed by atoms with Crippen LogP contribution in [-0.2, 0) is 6.42 Å². The SMILES string of the molecule is O=C(c1cnccn1)N1CCCC1c1ncc(Cc2ccc(Cl)cc2)o1. The average Bonchev–Trinajstić information content (AvgIpc) is 3.33. The van der Waals surface area contributed by atoms with Gasteiger partial charge in [-0.05, 0) is 30.5 Å². The number of nitrogens with zero attached hydrogens (tertiary/aromatic N) is 4. The lowest BCUT2D eigenvalue weighted by molar-refractivity contribution is 0.0708. The van der Waals surface area contributed by atoms with Gasteiger partial charge in [0.15, 0.2) is 0 Å². The Balaban J connectivity index is 1.51. The number of rotatable bonds is 4. The molecule has 2 aromatic heterocycles. The first-order chi connectivity index (χ1) is 12.7. The van der Waals surface area contributed by atoms with Crippen molar-refractivity contribution in [1.82, 2.24) is 19.9 Å². The maximum Gasteiger partial charge on any atom is 0.274 e. The van der Waals surface area contributed by atoms with Crippen molar-refractivity contribution in [1.29, 1.82) is 0 Å². The third kappa shape index (κ3) is 3.46. The molecule has 1 aliphatic rings. The summed E-state index contributed by atoms with van der Waals surface area (Å²) in [5.74, 6) is 1.20. The third-order valence-electron chi connectivity index (χ3n) is 4.44. The normalized spacial score (nSPS) is 16.8. The second-order valence-corrected chi connectivity index (χ2v) is 6.65. The second-order valence-electron chi connectivity index (χ2n) is 6.22. The summed E-state index contributed by atoms with van der Waals surface area (Å²) in [5, 5.41) is 0.705. The van der Waals surface area contributed by atoms with Crippen molar-refractivity contribution < 1.29 is 9.21 Å². The Kier molecular flexibility index (Phi) is 4.67.